The van der Waals surface area contributed by atoms with Crippen LogP contribution in [-0.2, 0) is 21.2 Å². The SMILES string of the molecule is CCOCCCNS(=O)(=O)c1ccc2c(c1)C[C@H](C)N2C(=O)c1ccccc1. The van der Waals surface area contributed by atoms with Crippen LogP contribution in [0.4, 0.5) is 5.69 Å². The summed E-state index contributed by atoms with van der Waals surface area (Å²) in [6, 6.07) is 14.1. The zero-order valence-electron chi connectivity index (χ0n) is 16.2. The molecule has 1 heterocycles. The summed E-state index contributed by atoms with van der Waals surface area (Å²) >= 11 is 0. The van der Waals surface area contributed by atoms with Crippen LogP contribution in [0.3, 0.4) is 0 Å². The highest BCUT2D eigenvalue weighted by Gasteiger charge is 2.32. The van der Waals surface area contributed by atoms with E-state index in [-0.39, 0.29) is 16.8 Å². The fraction of sp³-hybridized carbons (Fsp3) is 0.381. The van der Waals surface area contributed by atoms with E-state index in [1.54, 1.807) is 35.2 Å². The van der Waals surface area contributed by atoms with Crippen LogP contribution in [-0.4, -0.2) is 40.1 Å². The summed E-state index contributed by atoms with van der Waals surface area (Å²) in [6.07, 6.45) is 1.25. The van der Waals surface area contributed by atoms with E-state index in [9.17, 15) is 13.2 Å². The van der Waals surface area contributed by atoms with E-state index in [1.165, 1.54) is 0 Å². The Bertz CT molecular complexity index is 929. The minimum Gasteiger partial charge on any atom is -0.382 e. The largest absolute Gasteiger partial charge is 0.382 e. The highest BCUT2D eigenvalue weighted by Crippen LogP contribution is 2.35. The van der Waals surface area contributed by atoms with Crippen LogP contribution in [0.2, 0.25) is 0 Å². The second-order valence-electron chi connectivity index (χ2n) is 6.83. The van der Waals surface area contributed by atoms with Gasteiger partial charge in [0.25, 0.3) is 5.91 Å². The predicted molar refractivity (Wildman–Crippen MR) is 109 cm³/mol. The fourth-order valence-electron chi connectivity index (χ4n) is 3.41. The molecule has 1 N–H and O–H groups in total. The number of carbonyl (C=O) groups is 1. The van der Waals surface area contributed by atoms with E-state index < -0.39 is 10.0 Å². The minimum absolute atomic E-state index is 0.0280. The topological polar surface area (TPSA) is 75.7 Å². The van der Waals surface area contributed by atoms with E-state index >= 15 is 0 Å². The number of hydrogen-bond acceptors (Lipinski definition) is 4. The lowest BCUT2D eigenvalue weighted by molar-refractivity contribution is 0.0981. The van der Waals surface area contributed by atoms with E-state index in [0.29, 0.717) is 38.2 Å². The highest BCUT2D eigenvalue weighted by molar-refractivity contribution is 7.89. The Labute approximate surface area is 166 Å². The number of carbonyl (C=O) groups excluding carboxylic acids is 1. The molecular weight excluding hydrogens is 376 g/mol. The second-order valence-corrected chi connectivity index (χ2v) is 8.60. The Morgan fingerprint density at radius 1 is 1.21 bits per heavy atom. The van der Waals surface area contributed by atoms with Gasteiger partial charge in [-0.3, -0.25) is 4.79 Å². The number of ether oxygens (including phenoxy) is 1. The van der Waals surface area contributed by atoms with Gasteiger partial charge in [-0.2, -0.15) is 0 Å². The molecule has 28 heavy (non-hydrogen) atoms. The first-order chi connectivity index (χ1) is 13.4. The third-order valence-electron chi connectivity index (χ3n) is 4.78. The summed E-state index contributed by atoms with van der Waals surface area (Å²) in [5.41, 5.74) is 2.26. The molecule has 0 saturated carbocycles. The molecule has 1 atom stereocenters. The average molecular weight is 403 g/mol. The van der Waals surface area contributed by atoms with Crippen LogP contribution < -0.4 is 9.62 Å². The van der Waals surface area contributed by atoms with Gasteiger partial charge in [0.15, 0.2) is 0 Å². The van der Waals surface area contributed by atoms with Crippen molar-refractivity contribution in [2.75, 3.05) is 24.7 Å². The van der Waals surface area contributed by atoms with Gasteiger partial charge in [0.2, 0.25) is 10.0 Å². The van der Waals surface area contributed by atoms with Crippen molar-refractivity contribution in [1.82, 2.24) is 4.72 Å². The Kier molecular flexibility index (Phi) is 6.49. The molecule has 3 rings (SSSR count). The molecule has 0 aliphatic carbocycles. The maximum Gasteiger partial charge on any atom is 0.258 e. The number of rotatable bonds is 8. The van der Waals surface area contributed by atoms with Gasteiger partial charge in [-0.1, -0.05) is 18.2 Å². The van der Waals surface area contributed by atoms with Crippen LogP contribution in [0.1, 0.15) is 36.2 Å². The molecule has 0 radical (unpaired) electrons. The molecule has 0 saturated heterocycles. The van der Waals surface area contributed by atoms with Gasteiger partial charge in [0.05, 0.1) is 4.90 Å². The predicted octanol–water partition coefficient (Wildman–Crippen LogP) is 2.98. The molecule has 1 aliphatic rings. The normalized spacial score (nSPS) is 16.2. The minimum atomic E-state index is -3.59. The fourth-order valence-corrected chi connectivity index (χ4v) is 4.54. The average Bonchev–Trinajstić information content (AvgIpc) is 3.02. The van der Waals surface area contributed by atoms with Crippen molar-refractivity contribution < 1.29 is 17.9 Å². The van der Waals surface area contributed by atoms with Crippen molar-refractivity contribution >= 4 is 21.6 Å². The standard InChI is InChI=1S/C21H26N2O4S/c1-3-27-13-7-12-22-28(25,26)19-10-11-20-18(15-19)14-16(2)23(20)21(24)17-8-5-4-6-9-17/h4-6,8-11,15-16,22H,3,7,12-14H2,1-2H3/t16-/m0/s1. The van der Waals surface area contributed by atoms with E-state index in [2.05, 4.69) is 4.72 Å². The number of anilines is 1. The van der Waals surface area contributed by atoms with Gasteiger partial charge in [0.1, 0.15) is 0 Å². The maximum atomic E-state index is 12.9. The summed E-state index contributed by atoms with van der Waals surface area (Å²) in [5, 5.41) is 0. The number of nitrogens with one attached hydrogen (secondary N) is 1. The molecule has 0 fully saturated rings. The number of fused-ring (bicyclic) bond motifs is 1. The van der Waals surface area contributed by atoms with Gasteiger partial charge >= 0.3 is 0 Å². The first kappa shape index (κ1) is 20.5. The van der Waals surface area contributed by atoms with Crippen molar-refractivity contribution in [2.45, 2.75) is 37.6 Å². The third kappa shape index (κ3) is 4.43. The molecular formula is C21H26N2O4S. The van der Waals surface area contributed by atoms with Gasteiger partial charge in [-0.15, -0.1) is 0 Å². The second kappa shape index (κ2) is 8.86. The molecule has 1 amide bonds. The molecule has 0 bridgehead atoms. The van der Waals surface area contributed by atoms with E-state index in [0.717, 1.165) is 11.3 Å². The molecule has 150 valence electrons. The van der Waals surface area contributed by atoms with Crippen LogP contribution in [0.15, 0.2) is 53.4 Å². The maximum absolute atomic E-state index is 12.9. The third-order valence-corrected chi connectivity index (χ3v) is 6.24. The molecule has 2 aromatic carbocycles. The number of hydrogen-bond donors (Lipinski definition) is 1. The Balaban J connectivity index is 1.77. The number of amides is 1. The summed E-state index contributed by atoms with van der Waals surface area (Å²) in [7, 11) is -3.59. The Morgan fingerprint density at radius 3 is 2.68 bits per heavy atom. The van der Waals surface area contributed by atoms with Gasteiger partial charge in [-0.05, 0) is 62.6 Å². The highest BCUT2D eigenvalue weighted by atomic mass is 32.2. The summed E-state index contributed by atoms with van der Waals surface area (Å²) in [5.74, 6) is -0.0727. The zero-order chi connectivity index (χ0) is 20.1. The lowest BCUT2D eigenvalue weighted by atomic mass is 10.1. The molecule has 2 aromatic rings. The van der Waals surface area contributed by atoms with E-state index in [4.69, 9.17) is 4.74 Å². The molecule has 6 nitrogen and oxygen atoms in total. The molecule has 0 aromatic heterocycles. The molecule has 7 heteroatoms. The van der Waals surface area contributed by atoms with Crippen molar-refractivity contribution in [3.05, 3.63) is 59.7 Å². The number of nitrogens with zero attached hydrogens (tertiary/aromatic N) is 1. The Hall–Kier alpha value is -2.22. The van der Waals surface area contributed by atoms with Crippen molar-refractivity contribution in [3.63, 3.8) is 0 Å². The molecule has 0 spiro atoms. The Morgan fingerprint density at radius 2 is 1.96 bits per heavy atom. The molecule has 0 unspecified atom stereocenters. The first-order valence-corrected chi connectivity index (χ1v) is 11.0. The van der Waals surface area contributed by atoms with Crippen molar-refractivity contribution in [3.8, 4) is 0 Å². The van der Waals surface area contributed by atoms with Crippen LogP contribution >= 0.6 is 0 Å². The monoisotopic (exact) mass is 402 g/mol. The van der Waals surface area contributed by atoms with Gasteiger partial charge in [-0.25, -0.2) is 13.1 Å². The summed E-state index contributed by atoms with van der Waals surface area (Å²) < 4.78 is 32.9. The van der Waals surface area contributed by atoms with Gasteiger partial charge in [0, 0.05) is 37.1 Å². The quantitative estimate of drug-likeness (QED) is 0.689. The van der Waals surface area contributed by atoms with Crippen LogP contribution in [0, 0.1) is 0 Å². The van der Waals surface area contributed by atoms with Crippen molar-refractivity contribution in [1.29, 1.82) is 0 Å². The first-order valence-electron chi connectivity index (χ1n) is 9.53. The van der Waals surface area contributed by atoms with Gasteiger partial charge < -0.3 is 9.64 Å². The smallest absolute Gasteiger partial charge is 0.258 e. The summed E-state index contributed by atoms with van der Waals surface area (Å²) in [4.78, 5) is 14.9. The summed E-state index contributed by atoms with van der Waals surface area (Å²) in [6.45, 7) is 5.35. The van der Waals surface area contributed by atoms with Crippen molar-refractivity contribution in [2.24, 2.45) is 0 Å². The zero-order valence-corrected chi connectivity index (χ0v) is 17.0. The molecule has 1 aliphatic heterocycles. The lowest BCUT2D eigenvalue weighted by Crippen LogP contribution is -2.35. The van der Waals surface area contributed by atoms with Crippen LogP contribution in [0.25, 0.3) is 0 Å². The van der Waals surface area contributed by atoms with Crippen LogP contribution in [0.5, 0.6) is 0 Å². The number of sulfonamides is 1. The number of benzene rings is 2. The lowest BCUT2D eigenvalue weighted by Gasteiger charge is -2.23. The van der Waals surface area contributed by atoms with E-state index in [1.807, 2.05) is 32.0 Å².